The Morgan fingerprint density at radius 3 is 2.95 bits per heavy atom. The zero-order valence-corrected chi connectivity index (χ0v) is 10.9. The number of rotatable bonds is 7. The number of halogens is 1. The van der Waals surface area contributed by atoms with Crippen molar-refractivity contribution in [3.63, 3.8) is 0 Å². The third kappa shape index (κ3) is 3.67. The molecular formula is C14H18FNO3. The van der Waals surface area contributed by atoms with Crippen LogP contribution in [-0.4, -0.2) is 31.3 Å². The molecule has 0 aromatic heterocycles. The maximum atomic E-state index is 13.4. The van der Waals surface area contributed by atoms with E-state index < -0.39 is 5.97 Å². The molecule has 1 aromatic carbocycles. The number of aliphatic carboxylic acids is 1. The first-order valence-corrected chi connectivity index (χ1v) is 6.37. The molecule has 2 atom stereocenters. The standard InChI is InChI=1S/C14H18FNO3/c1-19-13-3-2-9(6-12(13)15)4-5-16-8-10-7-11(10)14(17)18/h2-3,6,10-11,16H,4-5,7-8H2,1H3,(H,17,18). The molecule has 104 valence electrons. The van der Waals surface area contributed by atoms with E-state index in [0.717, 1.165) is 18.5 Å². The summed E-state index contributed by atoms with van der Waals surface area (Å²) in [6.07, 6.45) is 1.48. The number of nitrogens with one attached hydrogen (secondary N) is 1. The van der Waals surface area contributed by atoms with E-state index in [0.29, 0.717) is 13.0 Å². The Kier molecular flexibility index (Phi) is 4.37. The van der Waals surface area contributed by atoms with Gasteiger partial charge >= 0.3 is 5.97 Å². The van der Waals surface area contributed by atoms with Crippen molar-refractivity contribution in [1.82, 2.24) is 5.32 Å². The van der Waals surface area contributed by atoms with E-state index in [1.165, 1.54) is 13.2 Å². The van der Waals surface area contributed by atoms with Crippen molar-refractivity contribution in [1.29, 1.82) is 0 Å². The van der Waals surface area contributed by atoms with Crippen LogP contribution in [0.4, 0.5) is 4.39 Å². The minimum atomic E-state index is -0.705. The van der Waals surface area contributed by atoms with Crippen molar-refractivity contribution in [2.45, 2.75) is 12.8 Å². The molecule has 4 nitrogen and oxygen atoms in total. The van der Waals surface area contributed by atoms with E-state index in [1.54, 1.807) is 6.07 Å². The summed E-state index contributed by atoms with van der Waals surface area (Å²) in [5, 5.41) is 12.0. The van der Waals surface area contributed by atoms with Crippen LogP contribution >= 0.6 is 0 Å². The summed E-state index contributed by atoms with van der Waals surface area (Å²) in [5.74, 6) is -0.729. The van der Waals surface area contributed by atoms with Crippen molar-refractivity contribution in [3.8, 4) is 5.75 Å². The molecular weight excluding hydrogens is 249 g/mol. The average molecular weight is 267 g/mol. The van der Waals surface area contributed by atoms with Gasteiger partial charge in [-0.25, -0.2) is 4.39 Å². The van der Waals surface area contributed by atoms with E-state index >= 15 is 0 Å². The van der Waals surface area contributed by atoms with Gasteiger partial charge in [0.1, 0.15) is 0 Å². The van der Waals surface area contributed by atoms with E-state index in [1.807, 2.05) is 6.07 Å². The summed E-state index contributed by atoms with van der Waals surface area (Å²) in [6.45, 7) is 1.43. The fourth-order valence-corrected chi connectivity index (χ4v) is 2.16. The van der Waals surface area contributed by atoms with Crippen LogP contribution in [0.5, 0.6) is 5.75 Å². The lowest BCUT2D eigenvalue weighted by molar-refractivity contribution is -0.138. The second kappa shape index (κ2) is 6.02. The summed E-state index contributed by atoms with van der Waals surface area (Å²) >= 11 is 0. The number of carboxylic acid groups (broad SMARTS) is 1. The largest absolute Gasteiger partial charge is 0.494 e. The molecule has 1 aliphatic rings. The van der Waals surface area contributed by atoms with Crippen LogP contribution in [0.25, 0.3) is 0 Å². The molecule has 0 heterocycles. The fraction of sp³-hybridized carbons (Fsp3) is 0.500. The minimum absolute atomic E-state index is 0.175. The molecule has 0 radical (unpaired) electrons. The Bertz CT molecular complexity index is 464. The molecule has 1 aromatic rings. The SMILES string of the molecule is COc1ccc(CCNCC2CC2C(=O)O)cc1F. The molecule has 1 saturated carbocycles. The molecule has 1 aliphatic carbocycles. The first-order chi connectivity index (χ1) is 9.11. The first-order valence-electron chi connectivity index (χ1n) is 6.37. The Balaban J connectivity index is 1.69. The van der Waals surface area contributed by atoms with Gasteiger partial charge in [0.2, 0.25) is 0 Å². The quantitative estimate of drug-likeness (QED) is 0.738. The summed E-state index contributed by atoms with van der Waals surface area (Å²) in [7, 11) is 1.44. The monoisotopic (exact) mass is 267 g/mol. The highest BCUT2D eigenvalue weighted by molar-refractivity contribution is 5.73. The van der Waals surface area contributed by atoms with Gasteiger partial charge in [-0.15, -0.1) is 0 Å². The number of benzene rings is 1. The number of hydrogen-bond acceptors (Lipinski definition) is 3. The summed E-state index contributed by atoms with van der Waals surface area (Å²) < 4.78 is 18.3. The molecule has 0 saturated heterocycles. The van der Waals surface area contributed by atoms with Gasteiger partial charge < -0.3 is 15.2 Å². The van der Waals surface area contributed by atoms with E-state index in [4.69, 9.17) is 9.84 Å². The van der Waals surface area contributed by atoms with Crippen LogP contribution < -0.4 is 10.1 Å². The van der Waals surface area contributed by atoms with Crippen molar-refractivity contribution < 1.29 is 19.0 Å². The highest BCUT2D eigenvalue weighted by atomic mass is 19.1. The Hall–Kier alpha value is -1.62. The first kappa shape index (κ1) is 13.8. The van der Waals surface area contributed by atoms with Gasteiger partial charge in [-0.05, 0) is 49.5 Å². The highest BCUT2D eigenvalue weighted by Crippen LogP contribution is 2.37. The summed E-state index contributed by atoms with van der Waals surface area (Å²) in [5.41, 5.74) is 0.899. The molecule has 2 rings (SSSR count). The normalized spacial score (nSPS) is 21.2. The molecule has 0 spiro atoms. The lowest BCUT2D eigenvalue weighted by Crippen LogP contribution is -2.21. The smallest absolute Gasteiger partial charge is 0.306 e. The number of hydrogen-bond donors (Lipinski definition) is 2. The zero-order valence-electron chi connectivity index (χ0n) is 10.9. The van der Waals surface area contributed by atoms with Crippen molar-refractivity contribution in [2.75, 3.05) is 20.2 Å². The van der Waals surface area contributed by atoms with Gasteiger partial charge in [0.15, 0.2) is 11.6 Å². The molecule has 0 aliphatic heterocycles. The molecule has 0 bridgehead atoms. The van der Waals surface area contributed by atoms with Gasteiger partial charge in [-0.3, -0.25) is 4.79 Å². The Morgan fingerprint density at radius 1 is 1.58 bits per heavy atom. The van der Waals surface area contributed by atoms with Gasteiger partial charge in [-0.2, -0.15) is 0 Å². The maximum Gasteiger partial charge on any atom is 0.306 e. The number of methoxy groups -OCH3 is 1. The van der Waals surface area contributed by atoms with Crippen molar-refractivity contribution in [3.05, 3.63) is 29.6 Å². The number of ether oxygens (including phenoxy) is 1. The van der Waals surface area contributed by atoms with Crippen LogP contribution in [0.2, 0.25) is 0 Å². The van der Waals surface area contributed by atoms with Crippen LogP contribution in [0.15, 0.2) is 18.2 Å². The van der Waals surface area contributed by atoms with E-state index in [2.05, 4.69) is 5.32 Å². The highest BCUT2D eigenvalue weighted by Gasteiger charge is 2.42. The third-order valence-electron chi connectivity index (χ3n) is 3.45. The number of carboxylic acids is 1. The minimum Gasteiger partial charge on any atom is -0.494 e. The Labute approximate surface area is 111 Å². The molecule has 5 heteroatoms. The fourth-order valence-electron chi connectivity index (χ4n) is 2.16. The third-order valence-corrected chi connectivity index (χ3v) is 3.45. The van der Waals surface area contributed by atoms with Gasteiger partial charge in [0, 0.05) is 0 Å². The lowest BCUT2D eigenvalue weighted by Gasteiger charge is -2.06. The maximum absolute atomic E-state index is 13.4. The van der Waals surface area contributed by atoms with Crippen LogP contribution in [-0.2, 0) is 11.2 Å². The average Bonchev–Trinajstić information content (AvgIpc) is 3.14. The molecule has 1 fully saturated rings. The topological polar surface area (TPSA) is 58.6 Å². The Morgan fingerprint density at radius 2 is 2.37 bits per heavy atom. The second-order valence-electron chi connectivity index (χ2n) is 4.86. The molecule has 19 heavy (non-hydrogen) atoms. The molecule has 0 amide bonds. The lowest BCUT2D eigenvalue weighted by atomic mass is 10.1. The summed E-state index contributed by atoms with van der Waals surface area (Å²) in [6, 6.07) is 4.92. The van der Waals surface area contributed by atoms with Gasteiger partial charge in [0.05, 0.1) is 13.0 Å². The van der Waals surface area contributed by atoms with Crippen LogP contribution in [0, 0.1) is 17.7 Å². The van der Waals surface area contributed by atoms with Crippen LogP contribution in [0.1, 0.15) is 12.0 Å². The summed E-state index contributed by atoms with van der Waals surface area (Å²) in [4.78, 5) is 10.6. The van der Waals surface area contributed by atoms with Crippen molar-refractivity contribution >= 4 is 5.97 Å². The van der Waals surface area contributed by atoms with Crippen LogP contribution in [0.3, 0.4) is 0 Å². The molecule has 2 unspecified atom stereocenters. The van der Waals surface area contributed by atoms with E-state index in [-0.39, 0.29) is 23.4 Å². The number of carbonyl (C=O) groups is 1. The van der Waals surface area contributed by atoms with E-state index in [9.17, 15) is 9.18 Å². The predicted octanol–water partition coefficient (Wildman–Crippen LogP) is 1.69. The zero-order chi connectivity index (χ0) is 13.8. The predicted molar refractivity (Wildman–Crippen MR) is 68.8 cm³/mol. The molecule has 2 N–H and O–H groups in total. The second-order valence-corrected chi connectivity index (χ2v) is 4.86. The van der Waals surface area contributed by atoms with Gasteiger partial charge in [0.25, 0.3) is 0 Å². The van der Waals surface area contributed by atoms with Gasteiger partial charge in [-0.1, -0.05) is 6.07 Å². The van der Waals surface area contributed by atoms with Crippen molar-refractivity contribution in [2.24, 2.45) is 11.8 Å².